The molecule has 0 saturated carbocycles. The van der Waals surface area contributed by atoms with Crippen LogP contribution >= 0.6 is 11.3 Å². The minimum Gasteiger partial charge on any atom is -0.482 e. The minimum atomic E-state index is -0.875. The van der Waals surface area contributed by atoms with E-state index in [-0.39, 0.29) is 46.8 Å². The summed E-state index contributed by atoms with van der Waals surface area (Å²) in [5.41, 5.74) is 1.24. The molecule has 2 aliphatic heterocycles. The zero-order chi connectivity index (χ0) is 27.1. The summed E-state index contributed by atoms with van der Waals surface area (Å²) in [4.78, 5) is 27.5. The van der Waals surface area contributed by atoms with Crippen molar-refractivity contribution in [3.63, 3.8) is 0 Å². The predicted molar refractivity (Wildman–Crippen MR) is 136 cm³/mol. The molecular formula is C25H15F2N5O6S. The number of hydrogen-bond acceptors (Lipinski definition) is 9. The van der Waals surface area contributed by atoms with Crippen molar-refractivity contribution in [2.45, 2.75) is 0 Å². The molecule has 2 aliphatic rings. The molecule has 3 aromatic carbocycles. The summed E-state index contributed by atoms with van der Waals surface area (Å²) in [6.45, 7) is -0.170. The topological polar surface area (TPSA) is 130 Å². The summed E-state index contributed by atoms with van der Waals surface area (Å²) in [7, 11) is 0. The van der Waals surface area contributed by atoms with E-state index in [1.54, 1.807) is 23.6 Å². The number of thiazole rings is 1. The van der Waals surface area contributed by atoms with Gasteiger partial charge in [-0.2, -0.15) is 5.10 Å². The summed E-state index contributed by atoms with van der Waals surface area (Å²) in [5, 5.41) is 20.6. The third-order valence-electron chi connectivity index (χ3n) is 5.75. The standard InChI is InChI=1S/C25H15F2N5O6S/c26-15-2-3-17(16(27)7-15)30-25-31(28-9-14-6-22-23(38-12-37-22)8-19(14)32(34)35)20(11-39-25)13-1-4-21-18(5-13)29-24(33)10-36-21/h1-9,11H,10,12H2,(H,29,33). The van der Waals surface area contributed by atoms with Crippen LogP contribution in [0.3, 0.4) is 0 Å². The lowest BCUT2D eigenvalue weighted by molar-refractivity contribution is -0.385. The van der Waals surface area contributed by atoms with E-state index in [9.17, 15) is 23.7 Å². The Kier molecular flexibility index (Phi) is 5.99. The third-order valence-corrected chi connectivity index (χ3v) is 6.57. The molecule has 14 heteroatoms. The molecule has 39 heavy (non-hydrogen) atoms. The number of nitro groups is 1. The van der Waals surface area contributed by atoms with Crippen LogP contribution in [-0.4, -0.2) is 35.1 Å². The van der Waals surface area contributed by atoms with E-state index in [1.165, 1.54) is 29.1 Å². The maximum absolute atomic E-state index is 14.4. The number of nitrogens with one attached hydrogen (secondary N) is 1. The number of anilines is 1. The predicted octanol–water partition coefficient (Wildman–Crippen LogP) is 4.58. The van der Waals surface area contributed by atoms with Crippen molar-refractivity contribution in [3.8, 4) is 28.5 Å². The zero-order valence-electron chi connectivity index (χ0n) is 19.6. The minimum absolute atomic E-state index is 0.0681. The molecule has 1 aromatic heterocycles. The van der Waals surface area contributed by atoms with Gasteiger partial charge in [-0.05, 0) is 36.4 Å². The average molecular weight is 551 g/mol. The molecule has 0 aliphatic carbocycles. The average Bonchev–Trinajstić information content (AvgIpc) is 3.54. The number of benzene rings is 3. The number of hydrogen-bond donors (Lipinski definition) is 1. The third kappa shape index (κ3) is 4.68. The molecule has 0 radical (unpaired) electrons. The molecule has 196 valence electrons. The van der Waals surface area contributed by atoms with Crippen molar-refractivity contribution in [1.82, 2.24) is 4.68 Å². The van der Waals surface area contributed by atoms with Crippen LogP contribution in [0.5, 0.6) is 17.2 Å². The smallest absolute Gasteiger partial charge is 0.282 e. The molecule has 0 bridgehead atoms. The second kappa shape index (κ2) is 9.64. The molecule has 0 saturated heterocycles. The number of halogens is 2. The number of nitrogens with zero attached hydrogens (tertiary/aromatic N) is 4. The van der Waals surface area contributed by atoms with E-state index in [0.29, 0.717) is 34.5 Å². The van der Waals surface area contributed by atoms with Crippen LogP contribution in [-0.2, 0) is 4.79 Å². The SMILES string of the molecule is O=C1COc2ccc(-c3csc(=Nc4ccc(F)cc4F)n3N=Cc3cc4c(cc3[N+](=O)[O-])OCO4)cc2N1. The normalized spacial score (nSPS) is 14.3. The lowest BCUT2D eigenvalue weighted by Gasteiger charge is -2.18. The Morgan fingerprint density at radius 2 is 1.87 bits per heavy atom. The highest BCUT2D eigenvalue weighted by molar-refractivity contribution is 7.07. The van der Waals surface area contributed by atoms with Crippen molar-refractivity contribution in [2.75, 3.05) is 18.7 Å². The first-order valence-corrected chi connectivity index (χ1v) is 12.1. The van der Waals surface area contributed by atoms with Crippen molar-refractivity contribution in [1.29, 1.82) is 0 Å². The number of amides is 1. The van der Waals surface area contributed by atoms with Gasteiger partial charge in [0.2, 0.25) is 11.6 Å². The van der Waals surface area contributed by atoms with E-state index < -0.39 is 16.6 Å². The van der Waals surface area contributed by atoms with E-state index in [2.05, 4.69) is 15.4 Å². The van der Waals surface area contributed by atoms with Crippen molar-refractivity contribution >= 4 is 40.5 Å². The molecular weight excluding hydrogens is 536 g/mol. The largest absolute Gasteiger partial charge is 0.482 e. The van der Waals surface area contributed by atoms with Crippen LogP contribution in [0.25, 0.3) is 11.3 Å². The Morgan fingerprint density at radius 1 is 1.05 bits per heavy atom. The molecule has 1 N–H and O–H groups in total. The fourth-order valence-electron chi connectivity index (χ4n) is 3.93. The van der Waals surface area contributed by atoms with Gasteiger partial charge < -0.3 is 19.5 Å². The molecule has 6 rings (SSSR count). The van der Waals surface area contributed by atoms with Crippen LogP contribution in [0.2, 0.25) is 0 Å². The van der Waals surface area contributed by atoms with Gasteiger partial charge in [0.1, 0.15) is 17.3 Å². The highest BCUT2D eigenvalue weighted by Crippen LogP contribution is 2.37. The molecule has 3 heterocycles. The van der Waals surface area contributed by atoms with E-state index in [1.807, 2.05) is 0 Å². The molecule has 0 unspecified atom stereocenters. The summed E-state index contributed by atoms with van der Waals surface area (Å²) in [5.74, 6) is -0.894. The number of rotatable bonds is 5. The van der Waals surface area contributed by atoms with Gasteiger partial charge in [-0.15, -0.1) is 11.3 Å². The summed E-state index contributed by atoms with van der Waals surface area (Å²) in [6.07, 6.45) is 1.25. The first kappa shape index (κ1) is 24.2. The van der Waals surface area contributed by atoms with E-state index >= 15 is 0 Å². The van der Waals surface area contributed by atoms with Crippen molar-refractivity contribution in [3.05, 3.63) is 86.0 Å². The summed E-state index contributed by atoms with van der Waals surface area (Å²) >= 11 is 1.11. The van der Waals surface area contributed by atoms with Gasteiger partial charge in [0.15, 0.2) is 23.9 Å². The van der Waals surface area contributed by atoms with Crippen molar-refractivity contribution < 1.29 is 32.7 Å². The van der Waals surface area contributed by atoms with Gasteiger partial charge in [0.25, 0.3) is 11.6 Å². The van der Waals surface area contributed by atoms with Gasteiger partial charge >= 0.3 is 0 Å². The van der Waals surface area contributed by atoms with Gasteiger partial charge in [-0.3, -0.25) is 14.9 Å². The van der Waals surface area contributed by atoms with Crippen LogP contribution in [0, 0.1) is 21.7 Å². The van der Waals surface area contributed by atoms with Crippen LogP contribution in [0.15, 0.2) is 64.0 Å². The molecule has 11 nitrogen and oxygen atoms in total. The Balaban J connectivity index is 1.50. The van der Waals surface area contributed by atoms with Crippen LogP contribution in [0.1, 0.15) is 5.56 Å². The fraction of sp³-hybridized carbons (Fsp3) is 0.0800. The van der Waals surface area contributed by atoms with Gasteiger partial charge in [-0.25, -0.2) is 18.4 Å². The molecule has 1 amide bonds. The van der Waals surface area contributed by atoms with E-state index in [0.717, 1.165) is 17.4 Å². The molecule has 0 atom stereocenters. The van der Waals surface area contributed by atoms with Gasteiger partial charge in [0.05, 0.1) is 34.1 Å². The summed E-state index contributed by atoms with van der Waals surface area (Å²) < 4.78 is 45.2. The first-order valence-electron chi connectivity index (χ1n) is 11.3. The quantitative estimate of drug-likeness (QED) is 0.220. The Hall–Kier alpha value is -5.11. The maximum Gasteiger partial charge on any atom is 0.282 e. The number of carbonyl (C=O) groups excluding carboxylic acids is 1. The van der Waals surface area contributed by atoms with Crippen LogP contribution in [0.4, 0.5) is 25.8 Å². The summed E-state index contributed by atoms with van der Waals surface area (Å²) in [6, 6.07) is 10.7. The highest BCUT2D eigenvalue weighted by Gasteiger charge is 2.23. The molecule has 4 aromatic rings. The number of nitro benzene ring substituents is 1. The number of carbonyl (C=O) groups is 1. The maximum atomic E-state index is 14.4. The monoisotopic (exact) mass is 551 g/mol. The highest BCUT2D eigenvalue weighted by atomic mass is 32.1. The molecule has 0 fully saturated rings. The van der Waals surface area contributed by atoms with Crippen molar-refractivity contribution in [2.24, 2.45) is 10.1 Å². The number of ether oxygens (including phenoxy) is 3. The number of aromatic nitrogens is 1. The van der Waals surface area contributed by atoms with Gasteiger partial charge in [0, 0.05) is 17.0 Å². The number of fused-ring (bicyclic) bond motifs is 2. The van der Waals surface area contributed by atoms with Crippen LogP contribution < -0.4 is 24.3 Å². The lowest BCUT2D eigenvalue weighted by Crippen LogP contribution is -2.25. The Morgan fingerprint density at radius 3 is 2.67 bits per heavy atom. The second-order valence-corrected chi connectivity index (χ2v) is 9.07. The second-order valence-electron chi connectivity index (χ2n) is 8.24. The first-order chi connectivity index (χ1) is 18.9. The fourth-order valence-corrected chi connectivity index (χ4v) is 4.78. The Labute approximate surface area is 221 Å². The zero-order valence-corrected chi connectivity index (χ0v) is 20.4. The van der Waals surface area contributed by atoms with E-state index in [4.69, 9.17) is 14.2 Å². The van der Waals surface area contributed by atoms with Gasteiger partial charge in [-0.1, -0.05) is 0 Å². The molecule has 0 spiro atoms. The Bertz CT molecular complexity index is 1770. The lowest BCUT2D eigenvalue weighted by atomic mass is 10.1.